The lowest BCUT2D eigenvalue weighted by Crippen LogP contribution is -2.24. The zero-order valence-corrected chi connectivity index (χ0v) is 15.0. The molecule has 0 aliphatic heterocycles. The second kappa shape index (κ2) is 6.56. The Hall–Kier alpha value is -1.27. The Balaban J connectivity index is 1.90. The van der Waals surface area contributed by atoms with Crippen molar-refractivity contribution in [1.29, 1.82) is 0 Å². The Morgan fingerprint density at radius 2 is 2.00 bits per heavy atom. The summed E-state index contributed by atoms with van der Waals surface area (Å²) in [7, 11) is 0. The molecule has 1 unspecified atom stereocenters. The standard InChI is InChI=1S/C15H10Cl4N2O3/c16-10-6-20-21(13(22)12(10)17)11-4-2-1-3-9(11)14(23)24-7-8-5-15(8,18)19/h1-4,6,8H,5,7H2. The highest BCUT2D eigenvalue weighted by atomic mass is 35.5. The van der Waals surface area contributed by atoms with E-state index in [0.717, 1.165) is 4.68 Å². The predicted molar refractivity (Wildman–Crippen MR) is 92.7 cm³/mol. The topological polar surface area (TPSA) is 61.2 Å². The van der Waals surface area contributed by atoms with Gasteiger partial charge in [-0.2, -0.15) is 9.78 Å². The van der Waals surface area contributed by atoms with Crippen molar-refractivity contribution in [2.75, 3.05) is 6.61 Å². The molecule has 0 N–H and O–H groups in total. The molecule has 1 saturated carbocycles. The van der Waals surface area contributed by atoms with Gasteiger partial charge < -0.3 is 4.74 Å². The van der Waals surface area contributed by atoms with E-state index in [-0.39, 0.29) is 33.8 Å². The molecular formula is C15H10Cl4N2O3. The fourth-order valence-corrected chi connectivity index (χ4v) is 2.87. The average molecular weight is 408 g/mol. The minimum atomic E-state index is -0.831. The molecule has 24 heavy (non-hydrogen) atoms. The number of carbonyl (C=O) groups excluding carboxylic acids is 1. The quantitative estimate of drug-likeness (QED) is 0.569. The summed E-state index contributed by atoms with van der Waals surface area (Å²) in [5.74, 6) is -0.704. The van der Waals surface area contributed by atoms with Crippen molar-refractivity contribution in [2.24, 2.45) is 5.92 Å². The van der Waals surface area contributed by atoms with Gasteiger partial charge in [-0.05, 0) is 18.6 Å². The average Bonchev–Trinajstić information content (AvgIpc) is 3.17. The summed E-state index contributed by atoms with van der Waals surface area (Å²) in [4.78, 5) is 24.6. The first-order valence-electron chi connectivity index (χ1n) is 6.89. The molecule has 1 fully saturated rings. The molecule has 1 aromatic heterocycles. The molecule has 0 radical (unpaired) electrons. The van der Waals surface area contributed by atoms with Crippen molar-refractivity contribution >= 4 is 52.4 Å². The van der Waals surface area contributed by atoms with Crippen LogP contribution in [0.15, 0.2) is 35.3 Å². The van der Waals surface area contributed by atoms with Crippen LogP contribution in [0.1, 0.15) is 16.8 Å². The molecule has 3 rings (SSSR count). The summed E-state index contributed by atoms with van der Waals surface area (Å²) in [6.07, 6.45) is 1.80. The molecule has 0 spiro atoms. The summed E-state index contributed by atoms with van der Waals surface area (Å²) in [6, 6.07) is 6.38. The van der Waals surface area contributed by atoms with Crippen LogP contribution in [0.25, 0.3) is 5.69 Å². The van der Waals surface area contributed by atoms with Gasteiger partial charge in [0.15, 0.2) is 0 Å². The van der Waals surface area contributed by atoms with E-state index in [9.17, 15) is 9.59 Å². The number of para-hydroxylation sites is 1. The van der Waals surface area contributed by atoms with E-state index >= 15 is 0 Å². The van der Waals surface area contributed by atoms with E-state index in [1.54, 1.807) is 18.2 Å². The SMILES string of the molecule is O=C(OCC1CC1(Cl)Cl)c1ccccc1-n1ncc(Cl)c(Cl)c1=O. The highest BCUT2D eigenvalue weighted by Gasteiger charge is 2.52. The van der Waals surface area contributed by atoms with E-state index in [2.05, 4.69) is 5.10 Å². The zero-order valence-electron chi connectivity index (χ0n) is 12.0. The highest BCUT2D eigenvalue weighted by Crippen LogP contribution is 2.53. The molecular weight excluding hydrogens is 398 g/mol. The Morgan fingerprint density at radius 1 is 1.33 bits per heavy atom. The lowest BCUT2D eigenvalue weighted by Gasteiger charge is -2.11. The first-order chi connectivity index (χ1) is 11.3. The molecule has 5 nitrogen and oxygen atoms in total. The van der Waals surface area contributed by atoms with Gasteiger partial charge in [-0.25, -0.2) is 4.79 Å². The fourth-order valence-electron chi connectivity index (χ4n) is 2.12. The normalized spacial score (nSPS) is 18.2. The number of ether oxygens (including phenoxy) is 1. The molecule has 1 heterocycles. The third-order valence-corrected chi connectivity index (χ3v) is 5.27. The van der Waals surface area contributed by atoms with Gasteiger partial charge in [-0.1, -0.05) is 35.3 Å². The van der Waals surface area contributed by atoms with Gasteiger partial charge in [-0.15, -0.1) is 23.2 Å². The number of nitrogens with zero attached hydrogens (tertiary/aromatic N) is 2. The van der Waals surface area contributed by atoms with Crippen molar-refractivity contribution in [3.05, 3.63) is 56.4 Å². The molecule has 126 valence electrons. The number of alkyl halides is 2. The van der Waals surface area contributed by atoms with Crippen LogP contribution >= 0.6 is 46.4 Å². The minimum Gasteiger partial charge on any atom is -0.462 e. The van der Waals surface area contributed by atoms with Crippen LogP contribution in [0.4, 0.5) is 0 Å². The van der Waals surface area contributed by atoms with E-state index in [4.69, 9.17) is 51.1 Å². The number of benzene rings is 1. The Morgan fingerprint density at radius 3 is 2.67 bits per heavy atom. The summed E-state index contributed by atoms with van der Waals surface area (Å²) in [5.41, 5.74) is -0.224. The maximum absolute atomic E-state index is 12.3. The monoisotopic (exact) mass is 406 g/mol. The minimum absolute atomic E-state index is 0.0345. The first-order valence-corrected chi connectivity index (χ1v) is 8.40. The Bertz CT molecular complexity index is 866. The van der Waals surface area contributed by atoms with E-state index in [0.29, 0.717) is 6.42 Å². The third kappa shape index (κ3) is 3.40. The number of aromatic nitrogens is 2. The second-order valence-electron chi connectivity index (χ2n) is 5.30. The molecule has 1 atom stereocenters. The first kappa shape index (κ1) is 17.5. The highest BCUT2D eigenvalue weighted by molar-refractivity contribution is 6.50. The van der Waals surface area contributed by atoms with E-state index in [1.807, 2.05) is 0 Å². The molecule has 1 aliphatic carbocycles. The summed E-state index contributed by atoms with van der Waals surface area (Å²) in [6.45, 7) is 0.101. The van der Waals surface area contributed by atoms with Crippen LogP contribution in [0, 0.1) is 5.92 Å². The number of esters is 1. The van der Waals surface area contributed by atoms with E-state index < -0.39 is 15.9 Å². The largest absolute Gasteiger partial charge is 0.462 e. The smallest absolute Gasteiger partial charge is 0.340 e. The summed E-state index contributed by atoms with van der Waals surface area (Å²) < 4.78 is 5.40. The number of carbonyl (C=O) groups is 1. The van der Waals surface area contributed by atoms with Crippen molar-refractivity contribution in [2.45, 2.75) is 10.8 Å². The van der Waals surface area contributed by atoms with Gasteiger partial charge >= 0.3 is 5.97 Å². The maximum Gasteiger partial charge on any atom is 0.340 e. The molecule has 0 bridgehead atoms. The van der Waals surface area contributed by atoms with Crippen molar-refractivity contribution < 1.29 is 9.53 Å². The fraction of sp³-hybridized carbons (Fsp3) is 0.267. The maximum atomic E-state index is 12.3. The number of hydrogen-bond donors (Lipinski definition) is 0. The van der Waals surface area contributed by atoms with Gasteiger partial charge in [-0.3, -0.25) is 4.79 Å². The van der Waals surface area contributed by atoms with Gasteiger partial charge in [0.25, 0.3) is 5.56 Å². The Labute approximate surface area is 157 Å². The lowest BCUT2D eigenvalue weighted by atomic mass is 10.2. The summed E-state index contributed by atoms with van der Waals surface area (Å²) in [5, 5.41) is 3.78. The predicted octanol–water partition coefficient (Wildman–Crippen LogP) is 3.89. The zero-order chi connectivity index (χ0) is 17.5. The number of halogens is 4. The third-order valence-electron chi connectivity index (χ3n) is 3.60. The van der Waals surface area contributed by atoms with Crippen molar-refractivity contribution in [3.8, 4) is 5.69 Å². The van der Waals surface area contributed by atoms with Crippen LogP contribution in [0.3, 0.4) is 0 Å². The van der Waals surface area contributed by atoms with Gasteiger partial charge in [0.2, 0.25) is 0 Å². The molecule has 2 aromatic rings. The van der Waals surface area contributed by atoms with Crippen LogP contribution in [0.5, 0.6) is 0 Å². The molecule has 1 aromatic carbocycles. The van der Waals surface area contributed by atoms with Crippen LogP contribution in [-0.2, 0) is 4.74 Å². The van der Waals surface area contributed by atoms with Gasteiger partial charge in [0.05, 0.1) is 29.1 Å². The van der Waals surface area contributed by atoms with Crippen molar-refractivity contribution in [3.63, 3.8) is 0 Å². The van der Waals surface area contributed by atoms with Crippen molar-refractivity contribution in [1.82, 2.24) is 9.78 Å². The van der Waals surface area contributed by atoms with Gasteiger partial charge in [0.1, 0.15) is 9.36 Å². The molecule has 1 aliphatic rings. The number of rotatable bonds is 4. The molecule has 0 amide bonds. The second-order valence-corrected chi connectivity index (χ2v) is 7.63. The molecule has 9 heteroatoms. The Kier molecular flexibility index (Phi) is 4.80. The van der Waals surface area contributed by atoms with Gasteiger partial charge in [0, 0.05) is 5.92 Å². The lowest BCUT2D eigenvalue weighted by molar-refractivity contribution is 0.0485. The van der Waals surface area contributed by atoms with Crippen LogP contribution in [0.2, 0.25) is 10.0 Å². The number of hydrogen-bond acceptors (Lipinski definition) is 4. The molecule has 0 saturated heterocycles. The van der Waals surface area contributed by atoms with Crippen LogP contribution in [-0.4, -0.2) is 26.7 Å². The van der Waals surface area contributed by atoms with Crippen LogP contribution < -0.4 is 5.56 Å². The summed E-state index contributed by atoms with van der Waals surface area (Å²) >= 11 is 23.4. The van der Waals surface area contributed by atoms with E-state index in [1.165, 1.54) is 12.3 Å².